The van der Waals surface area contributed by atoms with Gasteiger partial charge in [0.25, 0.3) is 10.7 Å². The number of fused-ring (bicyclic) bond motifs is 2. The van der Waals surface area contributed by atoms with E-state index in [2.05, 4.69) is 15.0 Å². The van der Waals surface area contributed by atoms with Gasteiger partial charge in [0, 0.05) is 0 Å². The molecular weight excluding hydrogens is 424 g/mol. The number of imidazole rings is 1. The molecule has 2 saturated heterocycles. The number of nitrogens with two attached hydrogens (primary N) is 1. The van der Waals surface area contributed by atoms with Gasteiger partial charge in [-0.3, -0.25) is 18.9 Å². The normalized spacial score (nSPS) is 36.4. The van der Waals surface area contributed by atoms with Gasteiger partial charge in [-0.05, 0) is 25.7 Å². The molecule has 4 heterocycles. The number of alkyl halides is 2. The Labute approximate surface area is 162 Å². The number of nitrogen functional groups attached to an aromatic ring is 1. The van der Waals surface area contributed by atoms with Crippen LogP contribution in [0.25, 0.3) is 11.2 Å². The number of anilines is 1. The van der Waals surface area contributed by atoms with E-state index in [1.165, 1.54) is 10.9 Å². The predicted octanol–water partition coefficient (Wildman–Crippen LogP) is 1.57. The molecule has 0 bridgehead atoms. The Kier molecular flexibility index (Phi) is 4.58. The summed E-state index contributed by atoms with van der Waals surface area (Å²) in [6.45, 7) is 0.296. The molecular formula is C13H16ClFN5O5PS. The Morgan fingerprint density at radius 1 is 1.63 bits per heavy atom. The molecule has 0 spiro atoms. The van der Waals surface area contributed by atoms with Crippen LogP contribution in [0.1, 0.15) is 20.1 Å². The molecule has 5 atom stereocenters. The minimum absolute atomic E-state index is 0.0273. The third-order valence-corrected chi connectivity index (χ3v) is 6.90. The zero-order chi connectivity index (χ0) is 19.6. The van der Waals surface area contributed by atoms with Gasteiger partial charge in [0.05, 0.1) is 19.0 Å². The fourth-order valence-electron chi connectivity index (χ4n) is 2.99. The fraction of sp³-hybridized carbons (Fsp3) is 0.615. The van der Waals surface area contributed by atoms with Crippen molar-refractivity contribution in [3.8, 4) is 0 Å². The Bertz CT molecular complexity index is 999. The predicted molar refractivity (Wildman–Crippen MR) is 97.5 cm³/mol. The van der Waals surface area contributed by atoms with E-state index in [9.17, 15) is 4.79 Å². The number of H-pyrrole nitrogens is 1. The van der Waals surface area contributed by atoms with Gasteiger partial charge in [-0.2, -0.15) is 4.98 Å². The zero-order valence-electron chi connectivity index (χ0n) is 14.2. The summed E-state index contributed by atoms with van der Waals surface area (Å²) in [6, 6.07) is 0. The standard InChI is InChI=1S/C13H16ClFN5O5PS/c1-5(2)24-26(27)22-3-6-8(25-26)13(14,15)11(23-6)20-4-17-7-9(20)18-12(16)19-10(7)21/h4-6,8,11H,3H2,1-2H3,(H3,16,18,19,21)/t6-,8-,11-,13-,26+/m1/s1. The van der Waals surface area contributed by atoms with Gasteiger partial charge in [-0.15, -0.1) is 0 Å². The highest BCUT2D eigenvalue weighted by atomic mass is 35.5. The molecule has 2 aliphatic rings. The quantitative estimate of drug-likeness (QED) is 0.541. The molecule has 3 N–H and O–H groups in total. The van der Waals surface area contributed by atoms with E-state index in [1.807, 2.05) is 0 Å². The smallest absolute Gasteiger partial charge is 0.328 e. The lowest BCUT2D eigenvalue weighted by Crippen LogP contribution is -2.43. The van der Waals surface area contributed by atoms with Crippen molar-refractivity contribution in [1.29, 1.82) is 0 Å². The average Bonchev–Trinajstić information content (AvgIpc) is 3.05. The second kappa shape index (κ2) is 6.45. The van der Waals surface area contributed by atoms with E-state index >= 15 is 4.39 Å². The van der Waals surface area contributed by atoms with Crippen molar-refractivity contribution in [3.05, 3.63) is 16.7 Å². The van der Waals surface area contributed by atoms with Crippen LogP contribution in [-0.4, -0.2) is 49.6 Å². The summed E-state index contributed by atoms with van der Waals surface area (Å²) in [5, 5.41) is -2.54. The van der Waals surface area contributed by atoms with Crippen molar-refractivity contribution in [2.45, 2.75) is 43.5 Å². The van der Waals surface area contributed by atoms with E-state index in [0.717, 1.165) is 0 Å². The highest BCUT2D eigenvalue weighted by molar-refractivity contribution is 8.07. The summed E-state index contributed by atoms with van der Waals surface area (Å²) >= 11 is 11.5. The second-order valence-electron chi connectivity index (χ2n) is 6.40. The SMILES string of the molecule is CC(C)O[P@@]1(=S)OC[C@H]2O[C@@H](n3cnc4c(=O)[nH]c(N)nc43)[C@@](F)(Cl)[C@@H]2O1. The largest absolute Gasteiger partial charge is 0.369 e. The highest BCUT2D eigenvalue weighted by Crippen LogP contribution is 2.61. The van der Waals surface area contributed by atoms with Gasteiger partial charge in [-0.1, -0.05) is 11.6 Å². The summed E-state index contributed by atoms with van der Waals surface area (Å²) in [6.07, 6.45) is -2.53. The van der Waals surface area contributed by atoms with Crippen molar-refractivity contribution in [2.24, 2.45) is 0 Å². The van der Waals surface area contributed by atoms with Gasteiger partial charge in [-0.25, -0.2) is 9.37 Å². The zero-order valence-corrected chi connectivity index (χ0v) is 16.6. The first kappa shape index (κ1) is 19.2. The molecule has 0 aromatic carbocycles. The van der Waals surface area contributed by atoms with E-state index in [0.29, 0.717) is 0 Å². The van der Waals surface area contributed by atoms with E-state index < -0.39 is 35.8 Å². The van der Waals surface area contributed by atoms with Gasteiger partial charge in [0.1, 0.15) is 12.2 Å². The number of nitrogens with one attached hydrogen (secondary N) is 1. The number of nitrogens with zero attached hydrogens (tertiary/aromatic N) is 3. The topological polar surface area (TPSA) is 127 Å². The molecule has 0 saturated carbocycles. The second-order valence-corrected chi connectivity index (χ2v) is 9.89. The van der Waals surface area contributed by atoms with Gasteiger partial charge in [0.2, 0.25) is 5.95 Å². The van der Waals surface area contributed by atoms with Gasteiger partial charge < -0.3 is 19.5 Å². The fourth-order valence-corrected chi connectivity index (χ4v) is 5.96. The lowest BCUT2D eigenvalue weighted by molar-refractivity contribution is -0.0635. The Morgan fingerprint density at radius 2 is 2.37 bits per heavy atom. The molecule has 4 rings (SSSR count). The van der Waals surface area contributed by atoms with Crippen LogP contribution in [0.2, 0.25) is 0 Å². The first-order valence-electron chi connectivity index (χ1n) is 7.98. The number of aromatic amines is 1. The highest BCUT2D eigenvalue weighted by Gasteiger charge is 2.62. The van der Waals surface area contributed by atoms with Crippen molar-refractivity contribution < 1.29 is 22.7 Å². The van der Waals surface area contributed by atoms with Crippen LogP contribution in [0.4, 0.5) is 10.3 Å². The molecule has 0 amide bonds. The number of hydrogen-bond acceptors (Lipinski definition) is 9. The molecule has 2 aliphatic heterocycles. The number of halogens is 2. The molecule has 14 heteroatoms. The summed E-state index contributed by atoms with van der Waals surface area (Å²) in [5.74, 6) is -0.149. The maximum atomic E-state index is 15.6. The van der Waals surface area contributed by atoms with Crippen LogP contribution < -0.4 is 11.3 Å². The molecule has 2 fully saturated rings. The van der Waals surface area contributed by atoms with Crippen LogP contribution in [-0.2, 0) is 30.1 Å². The number of aromatic nitrogens is 4. The lowest BCUT2D eigenvalue weighted by Gasteiger charge is -2.35. The molecule has 2 aromatic rings. The molecule has 27 heavy (non-hydrogen) atoms. The molecule has 0 aliphatic carbocycles. The lowest BCUT2D eigenvalue weighted by atomic mass is 10.1. The summed E-state index contributed by atoms with van der Waals surface area (Å²) in [4.78, 5) is 22.2. The monoisotopic (exact) mass is 439 g/mol. The Balaban J connectivity index is 1.71. The van der Waals surface area contributed by atoms with Gasteiger partial charge >= 0.3 is 6.72 Å². The van der Waals surface area contributed by atoms with E-state index in [4.69, 9.17) is 47.4 Å². The van der Waals surface area contributed by atoms with E-state index in [1.54, 1.807) is 13.8 Å². The maximum Gasteiger partial charge on any atom is 0.328 e. The Hall–Kier alpha value is -1.14. The third kappa shape index (κ3) is 3.19. The number of rotatable bonds is 3. The van der Waals surface area contributed by atoms with Crippen molar-refractivity contribution >= 4 is 47.2 Å². The molecule has 0 radical (unpaired) electrons. The average molecular weight is 440 g/mol. The molecule has 10 nitrogen and oxygen atoms in total. The summed E-state index contributed by atoms with van der Waals surface area (Å²) < 4.78 is 39.1. The molecule has 148 valence electrons. The van der Waals surface area contributed by atoms with Crippen LogP contribution in [0.3, 0.4) is 0 Å². The Morgan fingerprint density at radius 3 is 3.07 bits per heavy atom. The van der Waals surface area contributed by atoms with Crippen molar-refractivity contribution in [2.75, 3.05) is 12.3 Å². The van der Waals surface area contributed by atoms with Crippen LogP contribution in [0.5, 0.6) is 0 Å². The van der Waals surface area contributed by atoms with Crippen LogP contribution in [0.15, 0.2) is 11.1 Å². The minimum Gasteiger partial charge on any atom is -0.369 e. The first-order chi connectivity index (χ1) is 12.6. The summed E-state index contributed by atoms with van der Waals surface area (Å²) in [7, 11) is 0. The molecule has 0 unspecified atom stereocenters. The molecule has 2 aromatic heterocycles. The van der Waals surface area contributed by atoms with Crippen molar-refractivity contribution in [3.63, 3.8) is 0 Å². The van der Waals surface area contributed by atoms with Crippen molar-refractivity contribution in [1.82, 2.24) is 19.5 Å². The minimum atomic E-state index is -3.17. The summed E-state index contributed by atoms with van der Waals surface area (Å²) in [5.41, 5.74) is 5.01. The van der Waals surface area contributed by atoms with Crippen LogP contribution >= 0.6 is 18.3 Å². The number of ether oxygens (including phenoxy) is 1. The number of hydrogen-bond donors (Lipinski definition) is 2. The first-order valence-corrected chi connectivity index (χ1v) is 10.9. The third-order valence-electron chi connectivity index (χ3n) is 4.03. The van der Waals surface area contributed by atoms with Gasteiger partial charge in [0.15, 0.2) is 17.4 Å². The maximum absolute atomic E-state index is 15.6. The van der Waals surface area contributed by atoms with Crippen LogP contribution in [0, 0.1) is 0 Å². The van der Waals surface area contributed by atoms with E-state index in [-0.39, 0.29) is 29.8 Å².